The molecule has 0 amide bonds. The van der Waals surface area contributed by atoms with E-state index >= 15 is 0 Å². The van der Waals surface area contributed by atoms with Crippen LogP contribution in [-0.4, -0.2) is 37.9 Å². The van der Waals surface area contributed by atoms with Gasteiger partial charge in [-0.05, 0) is 64.4 Å². The Hall–Kier alpha value is -1.26. The average molecular weight is 290 g/mol. The van der Waals surface area contributed by atoms with Gasteiger partial charge in [0.15, 0.2) is 11.5 Å². The SMILES string of the molecule is CNC1CCC(N(C)C(C)c2ccc3c(c2)OCO3)CC1. The van der Waals surface area contributed by atoms with Crippen LogP contribution in [0.5, 0.6) is 11.5 Å². The minimum Gasteiger partial charge on any atom is -0.454 e. The van der Waals surface area contributed by atoms with Crippen molar-refractivity contribution >= 4 is 0 Å². The van der Waals surface area contributed by atoms with Crippen molar-refractivity contribution < 1.29 is 9.47 Å². The monoisotopic (exact) mass is 290 g/mol. The molecule has 1 fully saturated rings. The maximum Gasteiger partial charge on any atom is 0.231 e. The molecule has 1 heterocycles. The van der Waals surface area contributed by atoms with Gasteiger partial charge in [-0.2, -0.15) is 0 Å². The lowest BCUT2D eigenvalue weighted by Crippen LogP contribution is -2.40. The molecule has 1 saturated carbocycles. The molecular formula is C17H26N2O2. The van der Waals surface area contributed by atoms with E-state index in [2.05, 4.69) is 43.4 Å². The summed E-state index contributed by atoms with van der Waals surface area (Å²) in [5.74, 6) is 1.75. The zero-order chi connectivity index (χ0) is 14.8. The Labute approximate surface area is 127 Å². The summed E-state index contributed by atoms with van der Waals surface area (Å²) in [5.41, 5.74) is 1.30. The lowest BCUT2D eigenvalue weighted by molar-refractivity contribution is 0.136. The van der Waals surface area contributed by atoms with Crippen molar-refractivity contribution in [3.63, 3.8) is 0 Å². The van der Waals surface area contributed by atoms with Crippen LogP contribution < -0.4 is 14.8 Å². The van der Waals surface area contributed by atoms with Crippen LogP contribution >= 0.6 is 0 Å². The minimum absolute atomic E-state index is 0.344. The average Bonchev–Trinajstić information content (AvgIpc) is 3.01. The smallest absolute Gasteiger partial charge is 0.231 e. The number of fused-ring (bicyclic) bond motifs is 1. The second-order valence-corrected chi connectivity index (χ2v) is 6.25. The molecule has 1 aliphatic heterocycles. The maximum atomic E-state index is 5.49. The number of ether oxygens (including phenoxy) is 2. The second-order valence-electron chi connectivity index (χ2n) is 6.25. The highest BCUT2D eigenvalue weighted by Gasteiger charge is 2.27. The van der Waals surface area contributed by atoms with Gasteiger partial charge in [0.1, 0.15) is 0 Å². The van der Waals surface area contributed by atoms with Crippen molar-refractivity contribution in [1.29, 1.82) is 0 Å². The van der Waals surface area contributed by atoms with E-state index in [1.807, 2.05) is 6.07 Å². The van der Waals surface area contributed by atoms with E-state index in [9.17, 15) is 0 Å². The molecule has 2 aliphatic rings. The van der Waals surface area contributed by atoms with Gasteiger partial charge in [0.25, 0.3) is 0 Å². The van der Waals surface area contributed by atoms with Gasteiger partial charge in [-0.25, -0.2) is 0 Å². The summed E-state index contributed by atoms with van der Waals surface area (Å²) in [6, 6.07) is 8.09. The Morgan fingerprint density at radius 1 is 1.14 bits per heavy atom. The summed E-state index contributed by atoms with van der Waals surface area (Å²) in [6.07, 6.45) is 5.10. The number of hydrogen-bond donors (Lipinski definition) is 1. The van der Waals surface area contributed by atoms with Crippen molar-refractivity contribution in [3.8, 4) is 11.5 Å². The van der Waals surface area contributed by atoms with Crippen LogP contribution in [0.15, 0.2) is 18.2 Å². The lowest BCUT2D eigenvalue weighted by atomic mass is 9.89. The molecule has 0 aromatic heterocycles. The first-order valence-corrected chi connectivity index (χ1v) is 7.97. The van der Waals surface area contributed by atoms with Gasteiger partial charge in [-0.3, -0.25) is 4.90 Å². The summed E-state index contributed by atoms with van der Waals surface area (Å²) in [6.45, 7) is 2.62. The number of rotatable bonds is 4. The van der Waals surface area contributed by atoms with Crippen LogP contribution in [0.2, 0.25) is 0 Å². The Bertz CT molecular complexity index is 484. The van der Waals surface area contributed by atoms with Crippen LogP contribution in [0.3, 0.4) is 0 Å². The Morgan fingerprint density at radius 3 is 2.57 bits per heavy atom. The molecule has 0 radical (unpaired) electrons. The van der Waals surface area contributed by atoms with Gasteiger partial charge in [-0.15, -0.1) is 0 Å². The molecule has 21 heavy (non-hydrogen) atoms. The molecule has 0 bridgehead atoms. The summed E-state index contributed by atoms with van der Waals surface area (Å²) in [4.78, 5) is 2.52. The molecule has 1 aliphatic carbocycles. The molecule has 1 N–H and O–H groups in total. The van der Waals surface area contributed by atoms with Crippen molar-refractivity contribution in [2.75, 3.05) is 20.9 Å². The molecule has 1 aromatic carbocycles. The highest BCUT2D eigenvalue weighted by Crippen LogP contribution is 2.36. The molecule has 4 heteroatoms. The van der Waals surface area contributed by atoms with E-state index < -0.39 is 0 Å². The third kappa shape index (κ3) is 3.01. The van der Waals surface area contributed by atoms with E-state index in [0.717, 1.165) is 11.5 Å². The van der Waals surface area contributed by atoms with Gasteiger partial charge < -0.3 is 14.8 Å². The van der Waals surface area contributed by atoms with Crippen LogP contribution in [0.4, 0.5) is 0 Å². The predicted octanol–water partition coefficient (Wildman–Crippen LogP) is 2.94. The molecule has 4 nitrogen and oxygen atoms in total. The Balaban J connectivity index is 1.66. The lowest BCUT2D eigenvalue weighted by Gasteiger charge is -2.38. The van der Waals surface area contributed by atoms with E-state index in [1.54, 1.807) is 0 Å². The zero-order valence-corrected chi connectivity index (χ0v) is 13.3. The number of hydrogen-bond acceptors (Lipinski definition) is 4. The third-order valence-corrected chi connectivity index (χ3v) is 5.17. The van der Waals surface area contributed by atoms with E-state index in [4.69, 9.17) is 9.47 Å². The van der Waals surface area contributed by atoms with E-state index in [-0.39, 0.29) is 0 Å². The largest absolute Gasteiger partial charge is 0.454 e. The van der Waals surface area contributed by atoms with Gasteiger partial charge in [0.2, 0.25) is 6.79 Å². The fraction of sp³-hybridized carbons (Fsp3) is 0.647. The van der Waals surface area contributed by atoms with Crippen LogP contribution in [0, 0.1) is 0 Å². The Morgan fingerprint density at radius 2 is 1.86 bits per heavy atom. The number of nitrogens with zero attached hydrogens (tertiary/aromatic N) is 1. The molecule has 0 spiro atoms. The highest BCUT2D eigenvalue weighted by molar-refractivity contribution is 5.45. The van der Waals surface area contributed by atoms with Crippen molar-refractivity contribution in [3.05, 3.63) is 23.8 Å². The van der Waals surface area contributed by atoms with E-state index in [0.29, 0.717) is 24.9 Å². The summed E-state index contributed by atoms with van der Waals surface area (Å²) < 4.78 is 10.9. The fourth-order valence-corrected chi connectivity index (χ4v) is 3.50. The molecule has 0 saturated heterocycles. The Kier molecular flexibility index (Phi) is 4.36. The first-order chi connectivity index (χ1) is 10.2. The van der Waals surface area contributed by atoms with Crippen LogP contribution in [-0.2, 0) is 0 Å². The third-order valence-electron chi connectivity index (χ3n) is 5.17. The highest BCUT2D eigenvalue weighted by atomic mass is 16.7. The van der Waals surface area contributed by atoms with Gasteiger partial charge in [0, 0.05) is 18.1 Å². The minimum atomic E-state index is 0.344. The quantitative estimate of drug-likeness (QED) is 0.924. The number of benzene rings is 1. The topological polar surface area (TPSA) is 33.7 Å². The maximum absolute atomic E-state index is 5.49. The standard InChI is InChI=1S/C17H26N2O2/c1-12(13-4-9-16-17(10-13)21-11-20-16)19(3)15-7-5-14(18-2)6-8-15/h4,9-10,12,14-15,18H,5-8,11H2,1-3H3. The normalized spacial score (nSPS) is 26.1. The van der Waals surface area contributed by atoms with Gasteiger partial charge in [0.05, 0.1) is 0 Å². The first-order valence-electron chi connectivity index (χ1n) is 7.97. The first kappa shape index (κ1) is 14.7. The van der Waals surface area contributed by atoms with Crippen molar-refractivity contribution in [1.82, 2.24) is 10.2 Å². The predicted molar refractivity (Wildman–Crippen MR) is 83.8 cm³/mol. The number of nitrogens with one attached hydrogen (secondary N) is 1. The summed E-state index contributed by atoms with van der Waals surface area (Å²) in [5, 5.41) is 3.40. The van der Waals surface area contributed by atoms with Crippen LogP contribution in [0.25, 0.3) is 0 Å². The molecule has 116 valence electrons. The van der Waals surface area contributed by atoms with Crippen molar-refractivity contribution in [2.24, 2.45) is 0 Å². The zero-order valence-electron chi connectivity index (χ0n) is 13.3. The summed E-state index contributed by atoms with van der Waals surface area (Å²) in [7, 11) is 4.32. The van der Waals surface area contributed by atoms with E-state index in [1.165, 1.54) is 31.2 Å². The molecular weight excluding hydrogens is 264 g/mol. The van der Waals surface area contributed by atoms with Gasteiger partial charge >= 0.3 is 0 Å². The molecule has 1 aromatic rings. The van der Waals surface area contributed by atoms with Crippen molar-refractivity contribution in [2.45, 2.75) is 50.7 Å². The molecule has 1 atom stereocenters. The molecule has 3 rings (SSSR count). The second kappa shape index (κ2) is 6.24. The van der Waals surface area contributed by atoms with Gasteiger partial charge in [-0.1, -0.05) is 6.07 Å². The summed E-state index contributed by atoms with van der Waals surface area (Å²) >= 11 is 0. The fourth-order valence-electron chi connectivity index (χ4n) is 3.50. The van der Waals surface area contributed by atoms with Crippen LogP contribution in [0.1, 0.15) is 44.2 Å². The molecule has 1 unspecified atom stereocenters.